The van der Waals surface area contributed by atoms with Crippen molar-refractivity contribution >= 4 is 11.9 Å². The van der Waals surface area contributed by atoms with E-state index in [4.69, 9.17) is 10.5 Å². The predicted octanol–water partition coefficient (Wildman–Crippen LogP) is 2.39. The third-order valence-corrected chi connectivity index (χ3v) is 4.42. The summed E-state index contributed by atoms with van der Waals surface area (Å²) in [5.41, 5.74) is 6.37. The lowest BCUT2D eigenvalue weighted by atomic mass is 9.96. The summed E-state index contributed by atoms with van der Waals surface area (Å²) in [6.07, 6.45) is 3.30. The molecule has 3 amide bonds. The van der Waals surface area contributed by atoms with Crippen molar-refractivity contribution in [1.29, 1.82) is 0 Å². The van der Waals surface area contributed by atoms with Crippen molar-refractivity contribution in [2.24, 2.45) is 11.7 Å². The summed E-state index contributed by atoms with van der Waals surface area (Å²) < 4.78 is 5.55. The molecule has 0 aromatic heterocycles. The van der Waals surface area contributed by atoms with Gasteiger partial charge in [0.05, 0.1) is 5.92 Å². The van der Waals surface area contributed by atoms with Gasteiger partial charge in [0.2, 0.25) is 5.91 Å². The van der Waals surface area contributed by atoms with E-state index in [1.807, 2.05) is 36.1 Å². The summed E-state index contributed by atoms with van der Waals surface area (Å²) in [6.45, 7) is 8.23. The van der Waals surface area contributed by atoms with E-state index >= 15 is 0 Å². The highest BCUT2D eigenvalue weighted by Crippen LogP contribution is 2.21. The predicted molar refractivity (Wildman–Crippen MR) is 97.1 cm³/mol. The summed E-state index contributed by atoms with van der Waals surface area (Å²) in [5.74, 6) is 0.658. The Hall–Kier alpha value is -2.50. The lowest BCUT2D eigenvalue weighted by Gasteiger charge is -2.34. The Morgan fingerprint density at radius 2 is 2.28 bits per heavy atom. The largest absolute Gasteiger partial charge is 0.490 e. The smallest absolute Gasteiger partial charge is 0.314 e. The Labute approximate surface area is 149 Å². The molecule has 0 unspecified atom stereocenters. The van der Waals surface area contributed by atoms with Gasteiger partial charge in [-0.15, -0.1) is 0 Å². The van der Waals surface area contributed by atoms with Gasteiger partial charge in [0.25, 0.3) is 0 Å². The Morgan fingerprint density at radius 3 is 2.96 bits per heavy atom. The van der Waals surface area contributed by atoms with E-state index in [9.17, 15) is 9.59 Å². The molecule has 6 nitrogen and oxygen atoms in total. The number of piperidine rings is 1. The first-order valence-corrected chi connectivity index (χ1v) is 8.71. The molecule has 1 aromatic rings. The lowest BCUT2D eigenvalue weighted by Crippen LogP contribution is -2.48. The normalized spacial score (nSPS) is 17.0. The molecule has 1 aliphatic rings. The molecule has 0 saturated carbocycles. The van der Waals surface area contributed by atoms with Crippen molar-refractivity contribution in [1.82, 2.24) is 9.80 Å². The van der Waals surface area contributed by atoms with E-state index in [2.05, 4.69) is 6.58 Å². The molecule has 0 radical (unpaired) electrons. The Balaban J connectivity index is 2.02. The summed E-state index contributed by atoms with van der Waals surface area (Å²) in [7, 11) is 0. The number of carbonyl (C=O) groups excluding carboxylic acids is 2. The zero-order valence-corrected chi connectivity index (χ0v) is 14.8. The second-order valence-corrected chi connectivity index (χ2v) is 6.22. The number of benzene rings is 1. The van der Waals surface area contributed by atoms with Crippen molar-refractivity contribution in [2.45, 2.75) is 26.3 Å². The topological polar surface area (TPSA) is 75.9 Å². The average Bonchev–Trinajstić information content (AvgIpc) is 2.64. The monoisotopic (exact) mass is 345 g/mol. The summed E-state index contributed by atoms with van der Waals surface area (Å²) in [4.78, 5) is 27.6. The first-order valence-electron chi connectivity index (χ1n) is 8.71. The third kappa shape index (κ3) is 5.24. The van der Waals surface area contributed by atoms with Crippen LogP contribution >= 0.6 is 0 Å². The fraction of sp³-hybridized carbons (Fsp3) is 0.474. The number of urea groups is 1. The standard InChI is InChI=1S/C19H27N3O3/c1-3-11-25-17-9-5-7-15(12-17)13-21(4-2)18(23)16-8-6-10-22(14-16)19(20)24/h3,5,7,9,12,16H,1,4,6,8,10-11,13-14H2,2H3,(H2,20,24)/t16-/m0/s1. The van der Waals surface area contributed by atoms with Crippen LogP contribution in [0.15, 0.2) is 36.9 Å². The molecule has 136 valence electrons. The number of amides is 3. The zero-order chi connectivity index (χ0) is 18.2. The van der Waals surface area contributed by atoms with Gasteiger partial charge in [-0.25, -0.2) is 4.79 Å². The van der Waals surface area contributed by atoms with Crippen molar-refractivity contribution in [3.05, 3.63) is 42.5 Å². The first kappa shape index (κ1) is 18.8. The maximum Gasteiger partial charge on any atom is 0.314 e. The van der Waals surface area contributed by atoms with Crippen LogP contribution in [0.4, 0.5) is 4.79 Å². The Morgan fingerprint density at radius 1 is 1.48 bits per heavy atom. The Bertz CT molecular complexity index is 618. The van der Waals surface area contributed by atoms with Crippen LogP contribution in [-0.4, -0.2) is 48.0 Å². The van der Waals surface area contributed by atoms with Crippen LogP contribution in [-0.2, 0) is 11.3 Å². The SMILES string of the molecule is C=CCOc1cccc(CN(CC)C(=O)[C@H]2CCCN(C(N)=O)C2)c1. The van der Waals surface area contributed by atoms with Crippen LogP contribution in [0.2, 0.25) is 0 Å². The molecule has 6 heteroatoms. The molecule has 1 saturated heterocycles. The van der Waals surface area contributed by atoms with Gasteiger partial charge in [0.1, 0.15) is 12.4 Å². The van der Waals surface area contributed by atoms with E-state index in [0.29, 0.717) is 32.8 Å². The number of primary amides is 1. The second-order valence-electron chi connectivity index (χ2n) is 6.22. The maximum atomic E-state index is 12.9. The molecule has 2 rings (SSSR count). The maximum absolute atomic E-state index is 12.9. The van der Waals surface area contributed by atoms with Crippen LogP contribution in [0.1, 0.15) is 25.3 Å². The van der Waals surface area contributed by atoms with Gasteiger partial charge in [-0.05, 0) is 37.5 Å². The Kier molecular flexibility index (Phi) is 6.86. The van der Waals surface area contributed by atoms with Crippen molar-refractivity contribution in [2.75, 3.05) is 26.2 Å². The van der Waals surface area contributed by atoms with Crippen molar-refractivity contribution < 1.29 is 14.3 Å². The highest BCUT2D eigenvalue weighted by Gasteiger charge is 2.30. The van der Waals surface area contributed by atoms with Gasteiger partial charge < -0.3 is 20.3 Å². The first-order chi connectivity index (χ1) is 12.0. The van der Waals surface area contributed by atoms with Gasteiger partial charge in [-0.1, -0.05) is 24.8 Å². The molecule has 25 heavy (non-hydrogen) atoms. The van der Waals surface area contributed by atoms with Gasteiger partial charge in [-0.3, -0.25) is 4.79 Å². The number of ether oxygens (including phenoxy) is 1. The summed E-state index contributed by atoms with van der Waals surface area (Å²) >= 11 is 0. The molecule has 2 N–H and O–H groups in total. The molecular formula is C19H27N3O3. The average molecular weight is 345 g/mol. The van der Waals surface area contributed by atoms with Crippen molar-refractivity contribution in [3.63, 3.8) is 0 Å². The number of nitrogens with zero attached hydrogens (tertiary/aromatic N) is 2. The lowest BCUT2D eigenvalue weighted by molar-refractivity contribution is -0.137. The number of nitrogens with two attached hydrogens (primary N) is 1. The van der Waals surface area contributed by atoms with Gasteiger partial charge in [0, 0.05) is 26.2 Å². The molecule has 1 fully saturated rings. The fourth-order valence-corrected chi connectivity index (χ4v) is 3.09. The minimum atomic E-state index is -0.451. The highest BCUT2D eigenvalue weighted by atomic mass is 16.5. The van der Waals surface area contributed by atoms with Gasteiger partial charge >= 0.3 is 6.03 Å². The third-order valence-electron chi connectivity index (χ3n) is 4.42. The summed E-state index contributed by atoms with van der Waals surface area (Å²) in [6, 6.07) is 7.27. The van der Waals surface area contributed by atoms with Crippen LogP contribution in [0.25, 0.3) is 0 Å². The van der Waals surface area contributed by atoms with Crippen LogP contribution < -0.4 is 10.5 Å². The van der Waals surface area contributed by atoms with Crippen molar-refractivity contribution in [3.8, 4) is 5.75 Å². The number of hydrogen-bond acceptors (Lipinski definition) is 3. The van der Waals surface area contributed by atoms with E-state index in [-0.39, 0.29) is 11.8 Å². The van der Waals surface area contributed by atoms with Crippen LogP contribution in [0, 0.1) is 5.92 Å². The van der Waals surface area contributed by atoms with Gasteiger partial charge in [-0.2, -0.15) is 0 Å². The number of hydrogen-bond donors (Lipinski definition) is 1. The molecule has 1 heterocycles. The minimum absolute atomic E-state index is 0.0749. The molecule has 1 atom stereocenters. The van der Waals surface area contributed by atoms with Crippen LogP contribution in [0.3, 0.4) is 0 Å². The molecule has 1 aliphatic heterocycles. The van der Waals surface area contributed by atoms with E-state index in [1.54, 1.807) is 11.0 Å². The quantitative estimate of drug-likeness (QED) is 0.771. The summed E-state index contributed by atoms with van der Waals surface area (Å²) in [5, 5.41) is 0. The molecule has 0 bridgehead atoms. The molecule has 0 aliphatic carbocycles. The second kappa shape index (κ2) is 9.11. The zero-order valence-electron chi connectivity index (χ0n) is 14.8. The van der Waals surface area contributed by atoms with E-state index in [1.165, 1.54) is 0 Å². The number of likely N-dealkylation sites (tertiary alicyclic amines) is 1. The van der Waals surface area contributed by atoms with E-state index in [0.717, 1.165) is 24.2 Å². The van der Waals surface area contributed by atoms with Gasteiger partial charge in [0.15, 0.2) is 0 Å². The molecular weight excluding hydrogens is 318 g/mol. The molecule has 1 aromatic carbocycles. The minimum Gasteiger partial charge on any atom is -0.490 e. The number of carbonyl (C=O) groups is 2. The van der Waals surface area contributed by atoms with Crippen LogP contribution in [0.5, 0.6) is 5.75 Å². The fourth-order valence-electron chi connectivity index (χ4n) is 3.09. The highest BCUT2D eigenvalue weighted by molar-refractivity contribution is 5.80. The molecule has 0 spiro atoms. The van der Waals surface area contributed by atoms with E-state index < -0.39 is 6.03 Å². The number of rotatable bonds is 7.